The third-order valence-electron chi connectivity index (χ3n) is 4.45. The summed E-state index contributed by atoms with van der Waals surface area (Å²) in [5.41, 5.74) is 1.85. The van der Waals surface area contributed by atoms with Gasteiger partial charge in [-0.2, -0.15) is 0 Å². The van der Waals surface area contributed by atoms with Crippen LogP contribution in [0.15, 0.2) is 59.4 Å². The highest BCUT2D eigenvalue weighted by molar-refractivity contribution is 5.77. The Morgan fingerprint density at radius 3 is 2.79 bits per heavy atom. The Hall–Kier alpha value is -2.66. The molecule has 0 amide bonds. The molecule has 2 heterocycles. The number of H-pyrrole nitrogens is 1. The Bertz CT molecular complexity index is 891. The van der Waals surface area contributed by atoms with Gasteiger partial charge in [0.15, 0.2) is 0 Å². The van der Waals surface area contributed by atoms with Gasteiger partial charge in [0.2, 0.25) is 0 Å². The molecule has 3 aromatic rings. The number of para-hydroxylation sites is 2. The number of aromatic amines is 1. The molecular formula is C19H20N4O. The van der Waals surface area contributed by atoms with E-state index >= 15 is 0 Å². The van der Waals surface area contributed by atoms with E-state index in [1.165, 1.54) is 0 Å². The number of likely N-dealkylation sites (tertiary alicyclic amines) is 1. The van der Waals surface area contributed by atoms with Crippen molar-refractivity contribution < 1.29 is 0 Å². The summed E-state index contributed by atoms with van der Waals surface area (Å²) in [6.07, 6.45) is 1.09. The maximum atomic E-state index is 12.2. The molecule has 0 bridgehead atoms. The number of hydrogen-bond acceptors (Lipinski definition) is 4. The number of nitrogens with one attached hydrogen (secondary N) is 2. The summed E-state index contributed by atoms with van der Waals surface area (Å²) in [5, 5.41) is 4.21. The first-order chi connectivity index (χ1) is 11.8. The third kappa shape index (κ3) is 3.16. The number of fused-ring (bicyclic) bond motifs is 1. The Morgan fingerprint density at radius 1 is 1.12 bits per heavy atom. The molecule has 1 atom stereocenters. The SMILES string of the molecule is O=c1[nH]c(CN2CCC(Nc3ccccc3)C2)nc2ccccc12. The summed E-state index contributed by atoms with van der Waals surface area (Å²) in [6, 6.07) is 18.2. The first-order valence-corrected chi connectivity index (χ1v) is 8.30. The highest BCUT2D eigenvalue weighted by Crippen LogP contribution is 2.17. The van der Waals surface area contributed by atoms with Gasteiger partial charge in [0.05, 0.1) is 17.4 Å². The molecule has 5 nitrogen and oxygen atoms in total. The monoisotopic (exact) mass is 320 g/mol. The first kappa shape index (κ1) is 14.9. The molecule has 1 unspecified atom stereocenters. The zero-order valence-corrected chi connectivity index (χ0v) is 13.4. The lowest BCUT2D eigenvalue weighted by molar-refractivity contribution is 0.320. The number of benzene rings is 2. The lowest BCUT2D eigenvalue weighted by Gasteiger charge is -2.17. The number of anilines is 1. The van der Waals surface area contributed by atoms with Crippen molar-refractivity contribution in [2.24, 2.45) is 0 Å². The highest BCUT2D eigenvalue weighted by atomic mass is 16.1. The van der Waals surface area contributed by atoms with Crippen molar-refractivity contribution in [1.29, 1.82) is 0 Å². The molecule has 1 aliphatic rings. The van der Waals surface area contributed by atoms with Crippen molar-refractivity contribution in [3.63, 3.8) is 0 Å². The summed E-state index contributed by atoms with van der Waals surface area (Å²) in [7, 11) is 0. The van der Waals surface area contributed by atoms with Crippen molar-refractivity contribution >= 4 is 16.6 Å². The van der Waals surface area contributed by atoms with E-state index in [0.29, 0.717) is 18.0 Å². The Morgan fingerprint density at radius 2 is 1.92 bits per heavy atom. The molecule has 1 fully saturated rings. The van der Waals surface area contributed by atoms with Gasteiger partial charge in [0, 0.05) is 24.8 Å². The zero-order valence-electron chi connectivity index (χ0n) is 13.4. The van der Waals surface area contributed by atoms with Crippen LogP contribution < -0.4 is 10.9 Å². The largest absolute Gasteiger partial charge is 0.381 e. The second kappa shape index (κ2) is 6.45. The summed E-state index contributed by atoms with van der Waals surface area (Å²) in [5.74, 6) is 0.735. The Balaban J connectivity index is 1.44. The van der Waals surface area contributed by atoms with Gasteiger partial charge in [0.25, 0.3) is 5.56 Å². The van der Waals surface area contributed by atoms with Gasteiger partial charge in [-0.15, -0.1) is 0 Å². The molecule has 0 spiro atoms. The van der Waals surface area contributed by atoms with E-state index in [9.17, 15) is 4.79 Å². The van der Waals surface area contributed by atoms with E-state index in [4.69, 9.17) is 0 Å². The van der Waals surface area contributed by atoms with E-state index in [2.05, 4.69) is 32.3 Å². The van der Waals surface area contributed by atoms with E-state index in [0.717, 1.165) is 36.5 Å². The molecule has 1 aliphatic heterocycles. The second-order valence-corrected chi connectivity index (χ2v) is 6.26. The standard InChI is InChI=1S/C19H20N4O/c24-19-16-8-4-5-9-17(16)21-18(22-19)13-23-11-10-15(12-23)20-14-6-2-1-3-7-14/h1-9,15,20H,10-13H2,(H,21,22,24). The summed E-state index contributed by atoms with van der Waals surface area (Å²) in [4.78, 5) is 22.0. The molecule has 122 valence electrons. The Kier molecular flexibility index (Phi) is 4.01. The van der Waals surface area contributed by atoms with E-state index in [-0.39, 0.29) is 5.56 Å². The van der Waals surface area contributed by atoms with Crippen LogP contribution in [-0.4, -0.2) is 34.0 Å². The summed E-state index contributed by atoms with van der Waals surface area (Å²) < 4.78 is 0. The van der Waals surface area contributed by atoms with Crippen molar-refractivity contribution in [3.8, 4) is 0 Å². The van der Waals surface area contributed by atoms with Gasteiger partial charge in [-0.3, -0.25) is 9.69 Å². The van der Waals surface area contributed by atoms with Crippen molar-refractivity contribution in [1.82, 2.24) is 14.9 Å². The first-order valence-electron chi connectivity index (χ1n) is 8.30. The molecule has 2 N–H and O–H groups in total. The van der Waals surface area contributed by atoms with Crippen LogP contribution in [0.4, 0.5) is 5.69 Å². The van der Waals surface area contributed by atoms with Crippen LogP contribution in [0.25, 0.3) is 10.9 Å². The fraction of sp³-hybridized carbons (Fsp3) is 0.263. The van der Waals surface area contributed by atoms with Gasteiger partial charge >= 0.3 is 0 Å². The third-order valence-corrected chi connectivity index (χ3v) is 4.45. The normalized spacial score (nSPS) is 18.1. The van der Waals surface area contributed by atoms with Crippen molar-refractivity contribution in [2.75, 3.05) is 18.4 Å². The molecule has 0 aliphatic carbocycles. The van der Waals surface area contributed by atoms with Crippen LogP contribution in [0.5, 0.6) is 0 Å². The van der Waals surface area contributed by atoms with Gasteiger partial charge in [-0.1, -0.05) is 30.3 Å². The van der Waals surface area contributed by atoms with Crippen molar-refractivity contribution in [2.45, 2.75) is 19.0 Å². The number of nitrogens with zero attached hydrogens (tertiary/aromatic N) is 2. The second-order valence-electron chi connectivity index (χ2n) is 6.26. The van der Waals surface area contributed by atoms with E-state index < -0.39 is 0 Å². The predicted octanol–water partition coefficient (Wildman–Crippen LogP) is 2.61. The quantitative estimate of drug-likeness (QED) is 0.776. The summed E-state index contributed by atoms with van der Waals surface area (Å²) >= 11 is 0. The molecule has 0 saturated carbocycles. The van der Waals surface area contributed by atoms with E-state index in [1.807, 2.05) is 36.4 Å². The summed E-state index contributed by atoms with van der Waals surface area (Å²) in [6.45, 7) is 2.62. The molecule has 5 heteroatoms. The van der Waals surface area contributed by atoms with Gasteiger partial charge in [0.1, 0.15) is 5.82 Å². The van der Waals surface area contributed by atoms with E-state index in [1.54, 1.807) is 6.07 Å². The van der Waals surface area contributed by atoms with Crippen molar-refractivity contribution in [3.05, 3.63) is 70.8 Å². The number of hydrogen-bond donors (Lipinski definition) is 2. The minimum atomic E-state index is -0.0613. The van der Waals surface area contributed by atoms with Crippen LogP contribution in [0.3, 0.4) is 0 Å². The molecule has 1 aromatic heterocycles. The van der Waals surface area contributed by atoms with Gasteiger partial charge in [-0.25, -0.2) is 4.98 Å². The van der Waals surface area contributed by atoms with Crippen LogP contribution in [-0.2, 0) is 6.54 Å². The van der Waals surface area contributed by atoms with Gasteiger partial charge in [-0.05, 0) is 30.7 Å². The topological polar surface area (TPSA) is 61.0 Å². The average Bonchev–Trinajstić information content (AvgIpc) is 3.03. The maximum Gasteiger partial charge on any atom is 0.258 e. The van der Waals surface area contributed by atoms with Crippen LogP contribution in [0.2, 0.25) is 0 Å². The molecule has 0 radical (unpaired) electrons. The lowest BCUT2D eigenvalue weighted by Crippen LogP contribution is -2.27. The fourth-order valence-electron chi connectivity index (χ4n) is 3.29. The molecule has 1 saturated heterocycles. The van der Waals surface area contributed by atoms with Gasteiger partial charge < -0.3 is 10.3 Å². The average molecular weight is 320 g/mol. The number of rotatable bonds is 4. The predicted molar refractivity (Wildman–Crippen MR) is 96.1 cm³/mol. The minimum Gasteiger partial charge on any atom is -0.381 e. The highest BCUT2D eigenvalue weighted by Gasteiger charge is 2.23. The molecule has 2 aromatic carbocycles. The van der Waals surface area contributed by atoms with Crippen LogP contribution in [0.1, 0.15) is 12.2 Å². The zero-order chi connectivity index (χ0) is 16.4. The van der Waals surface area contributed by atoms with Crippen LogP contribution in [0, 0.1) is 0 Å². The van der Waals surface area contributed by atoms with Crippen LogP contribution >= 0.6 is 0 Å². The lowest BCUT2D eigenvalue weighted by atomic mass is 10.2. The fourth-order valence-corrected chi connectivity index (χ4v) is 3.29. The minimum absolute atomic E-state index is 0.0613. The molecule has 4 rings (SSSR count). The number of aromatic nitrogens is 2. The smallest absolute Gasteiger partial charge is 0.258 e. The molecular weight excluding hydrogens is 300 g/mol. The molecule has 24 heavy (non-hydrogen) atoms. The Labute approximate surface area is 140 Å². The maximum absolute atomic E-state index is 12.2.